The lowest BCUT2D eigenvalue weighted by Gasteiger charge is -2.22. The highest BCUT2D eigenvalue weighted by atomic mass is 16.8. The molecule has 18 heavy (non-hydrogen) atoms. The predicted octanol–water partition coefficient (Wildman–Crippen LogP) is 0.820. The van der Waals surface area contributed by atoms with Crippen molar-refractivity contribution in [2.24, 2.45) is 0 Å². The largest absolute Gasteiger partial charge is 0.481 e. The van der Waals surface area contributed by atoms with E-state index in [-0.39, 0.29) is 12.2 Å². The monoisotopic (exact) mass is 250 g/mol. The van der Waals surface area contributed by atoms with Crippen LogP contribution in [0, 0.1) is 12.3 Å². The average Bonchev–Trinajstić information content (AvgIpc) is 2.44. The molecule has 0 unspecified atom stereocenters. The Morgan fingerprint density at radius 1 is 1.33 bits per heavy atom. The second-order valence-corrected chi connectivity index (χ2v) is 3.34. The number of aliphatic hydroxyl groups is 1. The molecule has 5 heteroatoms. The number of methoxy groups -OCH3 is 2. The first-order chi connectivity index (χ1) is 8.57. The van der Waals surface area contributed by atoms with Crippen molar-refractivity contribution in [3.63, 3.8) is 0 Å². The summed E-state index contributed by atoms with van der Waals surface area (Å²) in [6.45, 7) is 0.146. The molecular formula is C13H14O5. The van der Waals surface area contributed by atoms with Gasteiger partial charge >= 0.3 is 5.97 Å². The van der Waals surface area contributed by atoms with Gasteiger partial charge in [-0.2, -0.15) is 0 Å². The molecule has 0 heterocycles. The van der Waals surface area contributed by atoms with E-state index in [0.717, 1.165) is 0 Å². The number of Topliss-reactive ketones (excluding diaryl/α,β-unsaturated/α-hetero) is 1. The van der Waals surface area contributed by atoms with Crippen LogP contribution in [0.15, 0.2) is 24.3 Å². The molecule has 0 saturated heterocycles. The van der Waals surface area contributed by atoms with Crippen molar-refractivity contribution < 1.29 is 24.1 Å². The van der Waals surface area contributed by atoms with E-state index in [9.17, 15) is 9.90 Å². The summed E-state index contributed by atoms with van der Waals surface area (Å²) in [4.78, 5) is 11.9. The summed E-state index contributed by atoms with van der Waals surface area (Å²) in [6.07, 6.45) is 5.05. The molecule has 0 amide bonds. The van der Waals surface area contributed by atoms with Gasteiger partial charge in [-0.3, -0.25) is 4.79 Å². The number of ketones is 1. The number of carbonyl (C=O) groups excluding carboxylic acids is 1. The van der Waals surface area contributed by atoms with E-state index in [1.807, 2.05) is 0 Å². The highest BCUT2D eigenvalue weighted by Crippen LogP contribution is 2.18. The second kappa shape index (κ2) is 6.17. The van der Waals surface area contributed by atoms with E-state index in [1.165, 1.54) is 26.4 Å². The van der Waals surface area contributed by atoms with E-state index in [2.05, 4.69) is 15.4 Å². The predicted molar refractivity (Wildman–Crippen MR) is 64.1 cm³/mol. The van der Waals surface area contributed by atoms with Crippen LogP contribution in [0.3, 0.4) is 0 Å². The number of carbonyl (C=O) groups is 1. The number of rotatable bonds is 6. The van der Waals surface area contributed by atoms with Gasteiger partial charge in [-0.15, -0.1) is 6.42 Å². The van der Waals surface area contributed by atoms with Crippen molar-refractivity contribution in [2.45, 2.75) is 5.97 Å². The van der Waals surface area contributed by atoms with E-state index in [4.69, 9.17) is 11.2 Å². The summed E-state index contributed by atoms with van der Waals surface area (Å²) in [7, 11) is 2.34. The molecule has 1 rings (SSSR count). The van der Waals surface area contributed by atoms with Crippen molar-refractivity contribution in [3.8, 4) is 18.1 Å². The Bertz CT molecular complexity index is 439. The van der Waals surface area contributed by atoms with Crippen LogP contribution in [0.5, 0.6) is 5.75 Å². The van der Waals surface area contributed by atoms with Crippen molar-refractivity contribution in [1.82, 2.24) is 0 Å². The number of benzene rings is 1. The van der Waals surface area contributed by atoms with Gasteiger partial charge in [0.1, 0.15) is 12.4 Å². The van der Waals surface area contributed by atoms with Crippen LogP contribution in [0.4, 0.5) is 0 Å². The molecule has 1 aromatic rings. The van der Waals surface area contributed by atoms with Gasteiger partial charge in [0.2, 0.25) is 0 Å². The molecule has 0 aliphatic rings. The van der Waals surface area contributed by atoms with E-state index >= 15 is 0 Å². The van der Waals surface area contributed by atoms with Gasteiger partial charge in [0.05, 0.1) is 0 Å². The lowest BCUT2D eigenvalue weighted by molar-refractivity contribution is -0.298. The van der Waals surface area contributed by atoms with Crippen molar-refractivity contribution in [1.29, 1.82) is 0 Å². The van der Waals surface area contributed by atoms with Crippen LogP contribution < -0.4 is 4.74 Å². The molecular weight excluding hydrogens is 236 g/mol. The maximum absolute atomic E-state index is 11.9. The molecule has 0 radical (unpaired) electrons. The zero-order chi connectivity index (χ0) is 13.6. The van der Waals surface area contributed by atoms with Gasteiger partial charge in [-0.05, 0) is 24.3 Å². The Balaban J connectivity index is 2.85. The molecule has 0 saturated carbocycles. The zero-order valence-electron chi connectivity index (χ0n) is 10.2. The fraction of sp³-hybridized carbons (Fsp3) is 0.308. The summed E-state index contributed by atoms with van der Waals surface area (Å²) >= 11 is 0. The maximum atomic E-state index is 11.9. The number of ether oxygens (including phenoxy) is 3. The number of hydrogen-bond donors (Lipinski definition) is 1. The third kappa shape index (κ3) is 3.08. The first-order valence-electron chi connectivity index (χ1n) is 5.11. The third-order valence-electron chi connectivity index (χ3n) is 2.28. The highest BCUT2D eigenvalue weighted by Gasteiger charge is 2.37. The molecule has 0 aliphatic carbocycles. The summed E-state index contributed by atoms with van der Waals surface area (Å²) in [5.41, 5.74) is 0.231. The molecule has 5 nitrogen and oxygen atoms in total. The number of terminal acetylenes is 1. The van der Waals surface area contributed by atoms with Gasteiger partial charge in [0, 0.05) is 19.8 Å². The Labute approximate surface area is 105 Å². The lowest BCUT2D eigenvalue weighted by atomic mass is 10.1. The molecule has 0 aliphatic heterocycles. The minimum atomic E-state index is -2.28. The van der Waals surface area contributed by atoms with Crippen LogP contribution in [0.25, 0.3) is 0 Å². The van der Waals surface area contributed by atoms with Crippen LogP contribution in [0.2, 0.25) is 0 Å². The first kappa shape index (κ1) is 14.2. The minimum Gasteiger partial charge on any atom is -0.481 e. The summed E-state index contributed by atoms with van der Waals surface area (Å²) in [5.74, 6) is -0.117. The van der Waals surface area contributed by atoms with Crippen LogP contribution in [-0.4, -0.2) is 37.7 Å². The standard InChI is InChI=1S/C13H14O5/c1-4-9-18-11-7-5-10(6-8-11)12(14)13(15,16-2)17-3/h1,5-8,15H,9H2,2-3H3. The highest BCUT2D eigenvalue weighted by molar-refractivity contribution is 6.00. The van der Waals surface area contributed by atoms with Crippen LogP contribution in [-0.2, 0) is 9.47 Å². The van der Waals surface area contributed by atoms with Crippen molar-refractivity contribution in [2.75, 3.05) is 20.8 Å². The SMILES string of the molecule is C#CCOc1ccc(C(=O)C(O)(OC)OC)cc1. The molecule has 0 bridgehead atoms. The minimum absolute atomic E-state index is 0.146. The molecule has 0 fully saturated rings. The summed E-state index contributed by atoms with van der Waals surface area (Å²) < 4.78 is 14.4. The fourth-order valence-corrected chi connectivity index (χ4v) is 1.28. The van der Waals surface area contributed by atoms with E-state index in [0.29, 0.717) is 5.75 Å². The molecule has 0 atom stereocenters. The number of hydrogen-bond acceptors (Lipinski definition) is 5. The topological polar surface area (TPSA) is 65.0 Å². The Hall–Kier alpha value is -1.87. The van der Waals surface area contributed by atoms with Gasteiger partial charge in [-0.1, -0.05) is 5.92 Å². The Morgan fingerprint density at radius 2 is 1.89 bits per heavy atom. The van der Waals surface area contributed by atoms with Crippen molar-refractivity contribution >= 4 is 5.78 Å². The molecule has 0 aromatic heterocycles. The lowest BCUT2D eigenvalue weighted by Crippen LogP contribution is -2.42. The quantitative estimate of drug-likeness (QED) is 0.460. The third-order valence-corrected chi connectivity index (χ3v) is 2.28. The van der Waals surface area contributed by atoms with Gasteiger partial charge < -0.3 is 19.3 Å². The average molecular weight is 250 g/mol. The zero-order valence-corrected chi connectivity index (χ0v) is 10.2. The smallest absolute Gasteiger partial charge is 0.348 e. The van der Waals surface area contributed by atoms with Gasteiger partial charge in [0.15, 0.2) is 0 Å². The van der Waals surface area contributed by atoms with Crippen molar-refractivity contribution in [3.05, 3.63) is 29.8 Å². The van der Waals surface area contributed by atoms with Crippen LogP contribution in [0.1, 0.15) is 10.4 Å². The van der Waals surface area contributed by atoms with E-state index < -0.39 is 11.8 Å². The maximum Gasteiger partial charge on any atom is 0.348 e. The molecule has 1 N–H and O–H groups in total. The second-order valence-electron chi connectivity index (χ2n) is 3.34. The Morgan fingerprint density at radius 3 is 2.33 bits per heavy atom. The van der Waals surface area contributed by atoms with Gasteiger partial charge in [-0.25, -0.2) is 0 Å². The Kier molecular flexibility index (Phi) is 4.86. The molecule has 96 valence electrons. The normalized spacial score (nSPS) is 10.8. The summed E-state index contributed by atoms with van der Waals surface area (Å²) in [6, 6.07) is 6.10. The fourth-order valence-electron chi connectivity index (χ4n) is 1.28. The van der Waals surface area contributed by atoms with Crippen LogP contribution >= 0.6 is 0 Å². The van der Waals surface area contributed by atoms with Gasteiger partial charge in [0.25, 0.3) is 5.78 Å². The summed E-state index contributed by atoms with van der Waals surface area (Å²) in [5, 5.41) is 9.71. The van der Waals surface area contributed by atoms with E-state index in [1.54, 1.807) is 12.1 Å². The molecule has 1 aromatic carbocycles. The molecule has 0 spiro atoms. The first-order valence-corrected chi connectivity index (χ1v) is 5.11.